The van der Waals surface area contributed by atoms with Crippen LogP contribution in [0.2, 0.25) is 0 Å². The Morgan fingerprint density at radius 2 is 1.65 bits per heavy atom. The van der Waals surface area contributed by atoms with Crippen LogP contribution in [-0.4, -0.2) is 21.5 Å². The lowest BCUT2D eigenvalue weighted by Crippen LogP contribution is -2.07. The minimum absolute atomic E-state index is 0.109. The summed E-state index contributed by atoms with van der Waals surface area (Å²) in [5.74, 6) is -1.48. The van der Waals surface area contributed by atoms with Crippen LogP contribution in [0.1, 0.15) is 16.8 Å². The van der Waals surface area contributed by atoms with E-state index in [0.717, 1.165) is 16.8 Å². The van der Waals surface area contributed by atoms with Crippen LogP contribution in [0.5, 0.6) is 0 Å². The first-order valence-electron chi connectivity index (χ1n) is 9.34. The highest BCUT2D eigenvalue weighted by atomic mass is 19.1. The van der Waals surface area contributed by atoms with E-state index in [1.165, 1.54) is 6.07 Å². The lowest BCUT2D eigenvalue weighted by molar-refractivity contribution is 0.249. The molecular weight excluding hydrogens is 398 g/mol. The summed E-state index contributed by atoms with van der Waals surface area (Å²) in [5, 5.41) is 13.5. The van der Waals surface area contributed by atoms with Gasteiger partial charge in [0.2, 0.25) is 0 Å². The quantitative estimate of drug-likeness (QED) is 0.467. The Morgan fingerprint density at radius 3 is 2.32 bits per heavy atom. The van der Waals surface area contributed by atoms with E-state index in [9.17, 15) is 13.6 Å². The largest absolute Gasteiger partial charge is 0.369 e. The summed E-state index contributed by atoms with van der Waals surface area (Å²) >= 11 is 0. The van der Waals surface area contributed by atoms with Crippen molar-refractivity contribution in [1.82, 2.24) is 9.78 Å². The van der Waals surface area contributed by atoms with Crippen LogP contribution in [-0.2, 0) is 0 Å². The summed E-state index contributed by atoms with van der Waals surface area (Å²) in [5.41, 5.74) is 3.18. The van der Waals surface area contributed by atoms with Crippen LogP contribution in [0.3, 0.4) is 0 Å². The molecule has 0 unspecified atom stereocenters. The molecule has 0 bridgehead atoms. The first kappa shape index (κ1) is 18.6. The number of aliphatic imine (C=N–C) groups is 1. The van der Waals surface area contributed by atoms with E-state index < -0.39 is 17.7 Å². The van der Waals surface area contributed by atoms with Gasteiger partial charge in [0.25, 0.3) is 0 Å². The Balaban J connectivity index is 1.80. The number of amides is 1. The number of carbonyl (C=O) groups excluding carboxylic acids is 1. The van der Waals surface area contributed by atoms with Crippen molar-refractivity contribution in [3.63, 3.8) is 0 Å². The van der Waals surface area contributed by atoms with Crippen LogP contribution < -0.4 is 0 Å². The number of halogens is 2. The summed E-state index contributed by atoms with van der Waals surface area (Å²) in [7, 11) is 0. The maximum Gasteiger partial charge on any atom is 0.369 e. The van der Waals surface area contributed by atoms with Crippen LogP contribution in [0.25, 0.3) is 22.4 Å². The van der Waals surface area contributed by atoms with Crippen molar-refractivity contribution in [2.75, 3.05) is 0 Å². The number of benzene rings is 3. The van der Waals surface area contributed by atoms with E-state index in [2.05, 4.69) is 10.1 Å². The Kier molecular flexibility index (Phi) is 4.26. The first-order chi connectivity index (χ1) is 15.1. The van der Waals surface area contributed by atoms with Gasteiger partial charge in [-0.15, -0.1) is 0 Å². The molecule has 1 aliphatic rings. The minimum atomic E-state index is -0.772. The number of nitrogens with zero attached hydrogens (tertiary/aromatic N) is 4. The number of rotatable bonds is 3. The zero-order chi connectivity index (χ0) is 21.5. The SMILES string of the molecule is N#Cc1ccc(C2=NC(=O)n3nc(-c4ccccc4)c(-c4ccc(F)cc4F)c32)cc1. The monoisotopic (exact) mass is 410 g/mol. The maximum absolute atomic E-state index is 14.9. The number of hydrogen-bond donors (Lipinski definition) is 0. The predicted octanol–water partition coefficient (Wildman–Crippen LogP) is 5.19. The Bertz CT molecular complexity index is 1410. The van der Waals surface area contributed by atoms with Gasteiger partial charge in [-0.2, -0.15) is 20.0 Å². The van der Waals surface area contributed by atoms with E-state index in [1.54, 1.807) is 36.4 Å². The molecular formula is C24H12F2N4O. The summed E-state index contributed by atoms with van der Waals surface area (Å²) < 4.78 is 29.6. The number of aromatic nitrogens is 2. The van der Waals surface area contributed by atoms with Crippen molar-refractivity contribution in [2.45, 2.75) is 0 Å². The molecule has 7 heteroatoms. The third-order valence-electron chi connectivity index (χ3n) is 5.03. The van der Waals surface area contributed by atoms with E-state index in [0.29, 0.717) is 39.4 Å². The van der Waals surface area contributed by atoms with Gasteiger partial charge in [-0.05, 0) is 24.3 Å². The van der Waals surface area contributed by atoms with Crippen LogP contribution >= 0.6 is 0 Å². The zero-order valence-electron chi connectivity index (χ0n) is 15.9. The molecule has 0 aliphatic carbocycles. The molecule has 5 nitrogen and oxygen atoms in total. The van der Waals surface area contributed by atoms with Crippen LogP contribution in [0.4, 0.5) is 13.6 Å². The molecule has 0 saturated heterocycles. The molecule has 148 valence electrons. The number of nitriles is 1. The molecule has 1 aliphatic heterocycles. The lowest BCUT2D eigenvalue weighted by atomic mass is 9.94. The second kappa shape index (κ2) is 7.11. The van der Waals surface area contributed by atoms with Gasteiger partial charge in [-0.3, -0.25) is 0 Å². The molecule has 0 radical (unpaired) electrons. The fraction of sp³-hybridized carbons (Fsp3) is 0. The molecule has 0 saturated carbocycles. The van der Waals surface area contributed by atoms with Crippen molar-refractivity contribution >= 4 is 11.7 Å². The maximum atomic E-state index is 14.9. The summed E-state index contributed by atoms with van der Waals surface area (Å²) in [6.45, 7) is 0. The van der Waals surface area contributed by atoms with Gasteiger partial charge < -0.3 is 0 Å². The van der Waals surface area contributed by atoms with Gasteiger partial charge in [0, 0.05) is 28.3 Å². The van der Waals surface area contributed by atoms with Gasteiger partial charge in [0.15, 0.2) is 0 Å². The van der Waals surface area contributed by atoms with Crippen molar-refractivity contribution in [3.8, 4) is 28.5 Å². The fourth-order valence-electron chi connectivity index (χ4n) is 3.62. The molecule has 3 aromatic carbocycles. The zero-order valence-corrected chi connectivity index (χ0v) is 15.9. The van der Waals surface area contributed by atoms with Crippen LogP contribution in [0, 0.1) is 23.0 Å². The Morgan fingerprint density at radius 1 is 0.903 bits per heavy atom. The van der Waals surface area contributed by atoms with E-state index in [4.69, 9.17) is 5.26 Å². The van der Waals surface area contributed by atoms with Crippen molar-refractivity contribution < 1.29 is 13.6 Å². The summed E-state index contributed by atoms with van der Waals surface area (Å²) in [6, 6.07) is 20.3. The topological polar surface area (TPSA) is 71.0 Å². The second-order valence-corrected chi connectivity index (χ2v) is 6.91. The normalized spacial score (nSPS) is 12.4. The fourth-order valence-corrected chi connectivity index (χ4v) is 3.62. The lowest BCUT2D eigenvalue weighted by Gasteiger charge is -2.09. The smallest absolute Gasteiger partial charge is 0.244 e. The molecule has 0 N–H and O–H groups in total. The molecule has 0 fully saturated rings. The van der Waals surface area contributed by atoms with E-state index in [1.807, 2.05) is 24.3 Å². The average molecular weight is 410 g/mol. The third kappa shape index (κ3) is 3.02. The molecule has 1 aromatic heterocycles. The third-order valence-corrected chi connectivity index (χ3v) is 5.03. The van der Waals surface area contributed by atoms with Crippen molar-refractivity contribution in [1.29, 1.82) is 5.26 Å². The van der Waals surface area contributed by atoms with Gasteiger partial charge in [0.05, 0.1) is 11.6 Å². The Labute approximate surface area is 175 Å². The van der Waals surface area contributed by atoms with Crippen molar-refractivity contribution in [3.05, 3.63) is 101 Å². The molecule has 0 spiro atoms. The van der Waals surface area contributed by atoms with Crippen LogP contribution in [0.15, 0.2) is 77.8 Å². The van der Waals surface area contributed by atoms with Crippen molar-refractivity contribution in [2.24, 2.45) is 4.99 Å². The molecule has 5 rings (SSSR count). The summed E-state index contributed by atoms with van der Waals surface area (Å²) in [4.78, 5) is 16.8. The van der Waals surface area contributed by atoms with Gasteiger partial charge in [-0.25, -0.2) is 13.6 Å². The van der Waals surface area contributed by atoms with Gasteiger partial charge in [0.1, 0.15) is 28.7 Å². The molecule has 1 amide bonds. The highest BCUT2D eigenvalue weighted by molar-refractivity contribution is 6.24. The average Bonchev–Trinajstić information content (AvgIpc) is 3.32. The molecule has 2 heterocycles. The standard InChI is InChI=1S/C24H12F2N4O/c25-17-10-11-18(19(26)12-17)20-21(15-4-2-1-3-5-15)29-30-23(20)22(28-24(30)31)16-8-6-14(13-27)7-9-16/h1-12H. The number of hydrogen-bond acceptors (Lipinski definition) is 3. The summed E-state index contributed by atoms with van der Waals surface area (Å²) in [6.07, 6.45) is 0. The highest BCUT2D eigenvalue weighted by Crippen LogP contribution is 2.39. The molecule has 0 atom stereocenters. The predicted molar refractivity (Wildman–Crippen MR) is 111 cm³/mol. The number of fused-ring (bicyclic) bond motifs is 1. The highest BCUT2D eigenvalue weighted by Gasteiger charge is 2.33. The van der Waals surface area contributed by atoms with Gasteiger partial charge in [-0.1, -0.05) is 42.5 Å². The van der Waals surface area contributed by atoms with Gasteiger partial charge >= 0.3 is 6.03 Å². The second-order valence-electron chi connectivity index (χ2n) is 6.91. The molecule has 4 aromatic rings. The number of carbonyl (C=O) groups is 1. The van der Waals surface area contributed by atoms with E-state index >= 15 is 0 Å². The first-order valence-corrected chi connectivity index (χ1v) is 9.34. The Hall–Kier alpha value is -4.44. The minimum Gasteiger partial charge on any atom is -0.244 e. The molecule has 31 heavy (non-hydrogen) atoms. The van der Waals surface area contributed by atoms with E-state index in [-0.39, 0.29) is 5.56 Å².